The lowest BCUT2D eigenvalue weighted by Crippen LogP contribution is -2.42. The molecule has 1 N–H and O–H groups in total. The van der Waals surface area contributed by atoms with E-state index in [-0.39, 0.29) is 0 Å². The van der Waals surface area contributed by atoms with Crippen molar-refractivity contribution in [2.75, 3.05) is 19.6 Å². The second-order valence-electron chi connectivity index (χ2n) is 5.60. The molecule has 0 saturated carbocycles. The molecule has 5 heteroatoms. The molecular weight excluding hydrogens is 238 g/mol. The smallest absolute Gasteiger partial charge is 0.146 e. The molecule has 1 aromatic heterocycles. The topological polar surface area (TPSA) is 46.0 Å². The molecule has 0 unspecified atom stereocenters. The third-order valence-electron chi connectivity index (χ3n) is 3.70. The number of likely N-dealkylation sites (tertiary alicyclic amines) is 1. The van der Waals surface area contributed by atoms with Crippen LogP contribution >= 0.6 is 0 Å². The average molecular weight is 263 g/mol. The summed E-state index contributed by atoms with van der Waals surface area (Å²) in [7, 11) is 1.99. The van der Waals surface area contributed by atoms with Gasteiger partial charge in [-0.25, -0.2) is 0 Å². The molecule has 0 radical (unpaired) electrons. The summed E-state index contributed by atoms with van der Waals surface area (Å²) in [5, 5.41) is 11.6. The van der Waals surface area contributed by atoms with Crippen molar-refractivity contribution in [3.63, 3.8) is 0 Å². The van der Waals surface area contributed by atoms with Crippen molar-refractivity contribution in [3.8, 4) is 0 Å². The zero-order valence-electron chi connectivity index (χ0n) is 12.3. The molecule has 1 aliphatic heterocycles. The quantitative estimate of drug-likeness (QED) is 0.814. The number of piperidine rings is 1. The minimum Gasteiger partial charge on any atom is -0.320 e. The molecule has 1 aliphatic rings. The molecule has 1 fully saturated rings. The van der Waals surface area contributed by atoms with Crippen LogP contribution in [0, 0.1) is 0 Å². The first-order valence-electron chi connectivity index (χ1n) is 7.07. The summed E-state index contributed by atoms with van der Waals surface area (Å²) in [5.41, 5.74) is 1.41. The third-order valence-corrected chi connectivity index (χ3v) is 3.70. The lowest BCUT2D eigenvalue weighted by Gasteiger charge is -2.31. The van der Waals surface area contributed by atoms with Crippen molar-refractivity contribution in [2.45, 2.75) is 39.3 Å². The molecule has 1 aromatic rings. The Bertz CT molecular complexity index is 411. The number of hydrogen-bond acceptors (Lipinski definition) is 4. The largest absolute Gasteiger partial charge is 0.320 e. The fourth-order valence-corrected chi connectivity index (χ4v) is 2.33. The predicted molar refractivity (Wildman–Crippen MR) is 76.7 cm³/mol. The maximum absolute atomic E-state index is 4.10. The van der Waals surface area contributed by atoms with E-state index in [0.29, 0.717) is 6.04 Å². The zero-order valence-corrected chi connectivity index (χ0v) is 12.3. The average Bonchev–Trinajstić information content (AvgIpc) is 2.81. The Morgan fingerprint density at radius 2 is 2.16 bits per heavy atom. The molecule has 0 atom stereocenters. The fourth-order valence-electron chi connectivity index (χ4n) is 2.33. The zero-order chi connectivity index (χ0) is 13.7. The van der Waals surface area contributed by atoms with Gasteiger partial charge in [0.05, 0.1) is 6.54 Å². The summed E-state index contributed by atoms with van der Waals surface area (Å²) < 4.78 is 1.97. The molecular formula is C14H25N5. The number of allylic oxidation sites excluding steroid dienone is 1. The highest BCUT2D eigenvalue weighted by atomic mass is 15.3. The van der Waals surface area contributed by atoms with E-state index in [9.17, 15) is 0 Å². The van der Waals surface area contributed by atoms with E-state index in [0.717, 1.165) is 18.9 Å². The van der Waals surface area contributed by atoms with Crippen molar-refractivity contribution in [1.29, 1.82) is 0 Å². The van der Waals surface area contributed by atoms with Gasteiger partial charge in [-0.15, -0.1) is 10.2 Å². The summed E-state index contributed by atoms with van der Waals surface area (Å²) in [6.45, 7) is 8.60. The number of nitrogens with zero attached hydrogens (tertiary/aromatic N) is 4. The SMILES string of the molecule is CC(C)=CCN1CCC(NCc2nncn2C)CC1. The Balaban J connectivity index is 1.69. The van der Waals surface area contributed by atoms with E-state index in [1.54, 1.807) is 6.33 Å². The van der Waals surface area contributed by atoms with Crippen molar-refractivity contribution in [1.82, 2.24) is 25.0 Å². The Morgan fingerprint density at radius 3 is 2.74 bits per heavy atom. The summed E-state index contributed by atoms with van der Waals surface area (Å²) in [6, 6.07) is 0.611. The molecule has 2 rings (SSSR count). The fraction of sp³-hybridized carbons (Fsp3) is 0.714. The summed E-state index contributed by atoms with van der Waals surface area (Å²) in [6.07, 6.45) is 6.50. The Labute approximate surface area is 115 Å². The third kappa shape index (κ3) is 4.44. The highest BCUT2D eigenvalue weighted by Crippen LogP contribution is 2.11. The Kier molecular flexibility index (Phi) is 5.10. The molecule has 0 bridgehead atoms. The van der Waals surface area contributed by atoms with Gasteiger partial charge in [0.25, 0.3) is 0 Å². The first kappa shape index (κ1) is 14.2. The number of rotatable bonds is 5. The standard InChI is InChI=1S/C14H25N5/c1-12(2)4-7-19-8-5-13(6-9-19)15-10-14-17-16-11-18(14)3/h4,11,13,15H,5-10H2,1-3H3. The molecule has 19 heavy (non-hydrogen) atoms. The number of aryl methyl sites for hydroxylation is 1. The second kappa shape index (κ2) is 6.82. The van der Waals surface area contributed by atoms with Crippen LogP contribution in [0.3, 0.4) is 0 Å². The van der Waals surface area contributed by atoms with Crippen LogP contribution in [0.4, 0.5) is 0 Å². The van der Waals surface area contributed by atoms with Crippen molar-refractivity contribution in [2.24, 2.45) is 7.05 Å². The van der Waals surface area contributed by atoms with E-state index in [1.165, 1.54) is 31.5 Å². The molecule has 5 nitrogen and oxygen atoms in total. The van der Waals surface area contributed by atoms with Crippen LogP contribution in [0.1, 0.15) is 32.5 Å². The predicted octanol–water partition coefficient (Wildman–Crippen LogP) is 1.34. The number of aromatic nitrogens is 3. The second-order valence-corrected chi connectivity index (χ2v) is 5.60. The summed E-state index contributed by atoms with van der Waals surface area (Å²) >= 11 is 0. The van der Waals surface area contributed by atoms with E-state index in [4.69, 9.17) is 0 Å². The van der Waals surface area contributed by atoms with Crippen LogP contribution in [0.25, 0.3) is 0 Å². The van der Waals surface area contributed by atoms with Crippen LogP contribution < -0.4 is 5.32 Å². The Hall–Kier alpha value is -1.20. The van der Waals surface area contributed by atoms with Crippen LogP contribution in [-0.4, -0.2) is 45.3 Å². The maximum atomic E-state index is 4.10. The van der Waals surface area contributed by atoms with E-state index >= 15 is 0 Å². The minimum absolute atomic E-state index is 0.611. The lowest BCUT2D eigenvalue weighted by molar-refractivity contribution is 0.213. The summed E-state index contributed by atoms with van der Waals surface area (Å²) in [4.78, 5) is 2.52. The first-order valence-corrected chi connectivity index (χ1v) is 7.07. The molecule has 0 amide bonds. The van der Waals surface area contributed by atoms with Crippen LogP contribution in [-0.2, 0) is 13.6 Å². The molecule has 0 aliphatic carbocycles. The molecule has 2 heterocycles. The first-order chi connectivity index (χ1) is 9.15. The van der Waals surface area contributed by atoms with Gasteiger partial charge in [0, 0.05) is 19.6 Å². The van der Waals surface area contributed by atoms with Crippen molar-refractivity contribution < 1.29 is 0 Å². The number of hydrogen-bond donors (Lipinski definition) is 1. The highest BCUT2D eigenvalue weighted by molar-refractivity contribution is 4.96. The van der Waals surface area contributed by atoms with Gasteiger partial charge in [0.2, 0.25) is 0 Å². The lowest BCUT2D eigenvalue weighted by atomic mass is 10.0. The van der Waals surface area contributed by atoms with Gasteiger partial charge in [-0.1, -0.05) is 11.6 Å². The van der Waals surface area contributed by atoms with Crippen molar-refractivity contribution >= 4 is 0 Å². The van der Waals surface area contributed by atoms with Gasteiger partial charge >= 0.3 is 0 Å². The minimum atomic E-state index is 0.611. The van der Waals surface area contributed by atoms with Gasteiger partial charge in [0.1, 0.15) is 12.2 Å². The molecule has 106 valence electrons. The molecule has 1 saturated heterocycles. The van der Waals surface area contributed by atoms with Crippen LogP contribution in [0.15, 0.2) is 18.0 Å². The van der Waals surface area contributed by atoms with E-state index < -0.39 is 0 Å². The van der Waals surface area contributed by atoms with Crippen molar-refractivity contribution in [3.05, 3.63) is 23.8 Å². The normalized spacial score (nSPS) is 17.6. The Morgan fingerprint density at radius 1 is 1.42 bits per heavy atom. The maximum Gasteiger partial charge on any atom is 0.146 e. The van der Waals surface area contributed by atoms with Crippen LogP contribution in [0.5, 0.6) is 0 Å². The van der Waals surface area contributed by atoms with Gasteiger partial charge in [0.15, 0.2) is 0 Å². The van der Waals surface area contributed by atoms with E-state index in [1.807, 2.05) is 11.6 Å². The monoisotopic (exact) mass is 263 g/mol. The number of nitrogens with one attached hydrogen (secondary N) is 1. The van der Waals surface area contributed by atoms with Gasteiger partial charge in [-0.2, -0.15) is 0 Å². The van der Waals surface area contributed by atoms with E-state index in [2.05, 4.69) is 40.3 Å². The summed E-state index contributed by atoms with van der Waals surface area (Å²) in [5.74, 6) is 1.01. The highest BCUT2D eigenvalue weighted by Gasteiger charge is 2.18. The molecule has 0 spiro atoms. The van der Waals surface area contributed by atoms with Gasteiger partial charge in [-0.05, 0) is 39.8 Å². The van der Waals surface area contributed by atoms with Gasteiger partial charge < -0.3 is 9.88 Å². The molecule has 0 aromatic carbocycles. The van der Waals surface area contributed by atoms with Gasteiger partial charge in [-0.3, -0.25) is 4.90 Å². The van der Waals surface area contributed by atoms with Crippen LogP contribution in [0.2, 0.25) is 0 Å².